The summed E-state index contributed by atoms with van der Waals surface area (Å²) < 4.78 is 22.1. The molecule has 0 amide bonds. The molecule has 2 aliphatic heterocycles. The van der Waals surface area contributed by atoms with Crippen molar-refractivity contribution < 1.29 is 28.6 Å². The lowest BCUT2D eigenvalue weighted by atomic mass is 9.99. The monoisotopic (exact) mass is 421 g/mol. The fourth-order valence-corrected chi connectivity index (χ4v) is 3.55. The molecule has 1 fully saturated rings. The van der Waals surface area contributed by atoms with Crippen molar-refractivity contribution in [3.8, 4) is 11.5 Å². The minimum Gasteiger partial charge on any atom is -0.496 e. The van der Waals surface area contributed by atoms with Crippen molar-refractivity contribution in [2.75, 3.05) is 21.3 Å². The van der Waals surface area contributed by atoms with Gasteiger partial charge in [0, 0.05) is 18.9 Å². The van der Waals surface area contributed by atoms with Crippen LogP contribution >= 0.6 is 11.6 Å². The molecule has 0 N–H and O–H groups in total. The Morgan fingerprint density at radius 2 is 1.93 bits per heavy atom. The van der Waals surface area contributed by atoms with E-state index in [-0.39, 0.29) is 30.3 Å². The average molecular weight is 422 g/mol. The van der Waals surface area contributed by atoms with E-state index in [9.17, 15) is 4.79 Å². The molecule has 156 valence electrons. The van der Waals surface area contributed by atoms with Crippen molar-refractivity contribution in [1.29, 1.82) is 0 Å². The van der Waals surface area contributed by atoms with Crippen molar-refractivity contribution in [1.82, 2.24) is 0 Å². The number of esters is 1. The Balaban J connectivity index is 2.11. The SMILES string of the molecule is CO\N=C1/C=C/C=C\C2OC2CC(C)OC(=O)c2c(OC)cc(OC)c(Cl)c2C1. The number of carbonyl (C=O) groups is 1. The fraction of sp³-hybridized carbons (Fsp3) is 0.429. The summed E-state index contributed by atoms with van der Waals surface area (Å²) in [6, 6.07) is 1.57. The lowest BCUT2D eigenvalue weighted by Gasteiger charge is -2.19. The second-order valence-electron chi connectivity index (χ2n) is 6.73. The number of ether oxygens (including phenoxy) is 4. The minimum atomic E-state index is -0.528. The number of benzene rings is 1. The highest BCUT2D eigenvalue weighted by atomic mass is 35.5. The zero-order valence-electron chi connectivity index (χ0n) is 16.8. The number of carbonyl (C=O) groups excluding carboxylic acids is 1. The van der Waals surface area contributed by atoms with Gasteiger partial charge in [0.25, 0.3) is 0 Å². The molecule has 0 spiro atoms. The molecule has 0 radical (unpaired) electrons. The maximum Gasteiger partial charge on any atom is 0.342 e. The molecular weight excluding hydrogens is 398 g/mol. The highest BCUT2D eigenvalue weighted by molar-refractivity contribution is 6.33. The smallest absolute Gasteiger partial charge is 0.342 e. The number of cyclic esters (lactones) is 1. The van der Waals surface area contributed by atoms with Gasteiger partial charge in [-0.3, -0.25) is 0 Å². The van der Waals surface area contributed by atoms with Gasteiger partial charge < -0.3 is 23.8 Å². The molecule has 0 bridgehead atoms. The quantitative estimate of drug-likeness (QED) is 0.420. The van der Waals surface area contributed by atoms with E-state index in [4.69, 9.17) is 35.4 Å². The van der Waals surface area contributed by atoms with Gasteiger partial charge >= 0.3 is 5.97 Å². The standard InChI is InChI=1S/C21H24ClNO6/c1-12-9-16-15(29-16)8-6-5-7-13(23-27-4)10-14-19(21(24)28-12)17(25-2)11-18(26-3)20(14)22/h5-8,11-12,15-16H,9-10H2,1-4H3/b7-5+,8-6-,23-13+. The molecule has 2 heterocycles. The van der Waals surface area contributed by atoms with Crippen LogP contribution in [-0.2, 0) is 20.7 Å². The van der Waals surface area contributed by atoms with Crippen molar-refractivity contribution in [3.05, 3.63) is 46.5 Å². The van der Waals surface area contributed by atoms with Crippen molar-refractivity contribution in [2.45, 2.75) is 38.1 Å². The molecular formula is C21H24ClNO6. The summed E-state index contributed by atoms with van der Waals surface area (Å²) in [4.78, 5) is 18.0. The zero-order valence-corrected chi connectivity index (χ0v) is 17.6. The van der Waals surface area contributed by atoms with Crippen LogP contribution in [0, 0.1) is 0 Å². The zero-order chi connectivity index (χ0) is 21.0. The molecule has 3 unspecified atom stereocenters. The maximum absolute atomic E-state index is 13.1. The highest BCUT2D eigenvalue weighted by Crippen LogP contribution is 2.39. The van der Waals surface area contributed by atoms with E-state index in [1.165, 1.54) is 21.3 Å². The summed E-state index contributed by atoms with van der Waals surface area (Å²) in [6.07, 6.45) is 8.00. The van der Waals surface area contributed by atoms with Gasteiger partial charge in [0.1, 0.15) is 36.4 Å². The lowest BCUT2D eigenvalue weighted by Crippen LogP contribution is -2.20. The summed E-state index contributed by atoms with van der Waals surface area (Å²) in [6.45, 7) is 1.83. The molecule has 1 saturated heterocycles. The Morgan fingerprint density at radius 1 is 1.17 bits per heavy atom. The number of rotatable bonds is 3. The summed E-state index contributed by atoms with van der Waals surface area (Å²) in [5, 5.41) is 4.34. The van der Waals surface area contributed by atoms with Gasteiger partial charge in [0.05, 0.1) is 31.1 Å². The third-order valence-electron chi connectivity index (χ3n) is 4.70. The van der Waals surface area contributed by atoms with E-state index in [2.05, 4.69) is 5.16 Å². The summed E-state index contributed by atoms with van der Waals surface area (Å²) in [7, 11) is 4.43. The van der Waals surface area contributed by atoms with Crippen LogP contribution in [0.15, 0.2) is 35.5 Å². The van der Waals surface area contributed by atoms with Crippen LogP contribution in [0.25, 0.3) is 0 Å². The Bertz CT molecular complexity index is 863. The number of nitrogens with zero attached hydrogens (tertiary/aromatic N) is 1. The number of oxime groups is 1. The third kappa shape index (κ3) is 4.92. The number of halogens is 1. The van der Waals surface area contributed by atoms with Crippen LogP contribution in [0.5, 0.6) is 11.5 Å². The third-order valence-corrected chi connectivity index (χ3v) is 5.11. The van der Waals surface area contributed by atoms with E-state index in [0.29, 0.717) is 34.2 Å². The predicted molar refractivity (Wildman–Crippen MR) is 109 cm³/mol. The molecule has 2 aliphatic rings. The van der Waals surface area contributed by atoms with E-state index < -0.39 is 5.97 Å². The first-order valence-corrected chi connectivity index (χ1v) is 9.61. The number of epoxide rings is 1. The first-order valence-electron chi connectivity index (χ1n) is 9.23. The number of hydrogen-bond donors (Lipinski definition) is 0. The largest absolute Gasteiger partial charge is 0.496 e. The van der Waals surface area contributed by atoms with Crippen LogP contribution in [0.1, 0.15) is 29.3 Å². The molecule has 1 aromatic carbocycles. The maximum atomic E-state index is 13.1. The molecule has 8 heteroatoms. The van der Waals surface area contributed by atoms with Crippen molar-refractivity contribution in [3.63, 3.8) is 0 Å². The summed E-state index contributed by atoms with van der Waals surface area (Å²) >= 11 is 6.56. The highest BCUT2D eigenvalue weighted by Gasteiger charge is 2.38. The van der Waals surface area contributed by atoms with E-state index in [1.54, 1.807) is 12.1 Å². The van der Waals surface area contributed by atoms with Crippen LogP contribution in [0.4, 0.5) is 0 Å². The van der Waals surface area contributed by atoms with Crippen LogP contribution in [0.2, 0.25) is 5.02 Å². The number of methoxy groups -OCH3 is 2. The van der Waals surface area contributed by atoms with Crippen molar-refractivity contribution in [2.24, 2.45) is 5.16 Å². The first kappa shape index (κ1) is 21.2. The molecule has 1 aromatic rings. The Labute approximate surface area is 174 Å². The van der Waals surface area contributed by atoms with Crippen molar-refractivity contribution >= 4 is 23.3 Å². The molecule has 0 aromatic heterocycles. The van der Waals surface area contributed by atoms with Crippen LogP contribution in [-0.4, -0.2) is 51.3 Å². The van der Waals surface area contributed by atoms with Gasteiger partial charge in [0.2, 0.25) is 0 Å². The Morgan fingerprint density at radius 3 is 2.62 bits per heavy atom. The van der Waals surface area contributed by atoms with Gasteiger partial charge in [-0.05, 0) is 18.6 Å². The molecule has 3 rings (SSSR count). The number of fused-ring (bicyclic) bond motifs is 2. The number of allylic oxidation sites excluding steroid dienone is 3. The second-order valence-corrected chi connectivity index (χ2v) is 7.10. The Hall–Kier alpha value is -2.51. The average Bonchev–Trinajstić information content (AvgIpc) is 3.42. The van der Waals surface area contributed by atoms with Gasteiger partial charge in [-0.15, -0.1) is 0 Å². The minimum absolute atomic E-state index is 0.0204. The molecule has 0 aliphatic carbocycles. The predicted octanol–water partition coefficient (Wildman–Crippen LogP) is 3.73. The van der Waals surface area contributed by atoms with E-state index in [0.717, 1.165) is 0 Å². The topological polar surface area (TPSA) is 78.9 Å². The van der Waals surface area contributed by atoms with Crippen LogP contribution < -0.4 is 9.47 Å². The van der Waals surface area contributed by atoms with Gasteiger partial charge in [-0.1, -0.05) is 35.0 Å². The van der Waals surface area contributed by atoms with Crippen LogP contribution in [0.3, 0.4) is 0 Å². The summed E-state index contributed by atoms with van der Waals surface area (Å²) in [5.74, 6) is 0.172. The summed E-state index contributed by atoms with van der Waals surface area (Å²) in [5.41, 5.74) is 1.28. The van der Waals surface area contributed by atoms with Gasteiger partial charge in [0.15, 0.2) is 0 Å². The van der Waals surface area contributed by atoms with E-state index >= 15 is 0 Å². The Kier molecular flexibility index (Phi) is 6.82. The van der Waals surface area contributed by atoms with E-state index in [1.807, 2.05) is 25.2 Å². The molecule has 29 heavy (non-hydrogen) atoms. The molecule has 3 atom stereocenters. The fourth-order valence-electron chi connectivity index (χ4n) is 3.25. The van der Waals surface area contributed by atoms with Gasteiger partial charge in [-0.2, -0.15) is 0 Å². The molecule has 0 saturated carbocycles. The number of hydrogen-bond acceptors (Lipinski definition) is 7. The normalized spacial score (nSPS) is 27.7. The molecule has 7 nitrogen and oxygen atoms in total. The lowest BCUT2D eigenvalue weighted by molar-refractivity contribution is 0.0305. The van der Waals surface area contributed by atoms with Gasteiger partial charge in [-0.25, -0.2) is 4.79 Å². The second kappa shape index (κ2) is 9.33. The first-order chi connectivity index (χ1) is 14.0.